The number of para-hydroxylation sites is 1. The Hall–Kier alpha value is -1.39. The van der Waals surface area contributed by atoms with Gasteiger partial charge in [-0.3, -0.25) is 0 Å². The average molecular weight is 301 g/mol. The third-order valence-corrected chi connectivity index (χ3v) is 5.02. The summed E-state index contributed by atoms with van der Waals surface area (Å²) in [7, 11) is 0. The molecule has 1 aromatic heterocycles. The quantitative estimate of drug-likeness (QED) is 0.874. The standard InChI is InChI=1S/C17H23N3S/c1-2-15(17-18-9-12-21-17)19-13-14-7-3-4-8-16(14)20-10-5-6-11-20/h3-4,7-9,12,15,19H,2,5-6,10-11,13H2,1H3. The normalized spacial score (nSPS) is 16.3. The monoisotopic (exact) mass is 301 g/mol. The molecule has 0 aliphatic carbocycles. The molecule has 0 amide bonds. The molecule has 1 unspecified atom stereocenters. The highest BCUT2D eigenvalue weighted by molar-refractivity contribution is 7.09. The zero-order valence-electron chi connectivity index (χ0n) is 12.6. The van der Waals surface area contributed by atoms with Gasteiger partial charge in [-0.25, -0.2) is 4.98 Å². The van der Waals surface area contributed by atoms with Crippen molar-refractivity contribution in [1.29, 1.82) is 0 Å². The van der Waals surface area contributed by atoms with E-state index in [1.54, 1.807) is 11.3 Å². The predicted octanol–water partition coefficient (Wildman–Crippen LogP) is 3.98. The number of hydrogen-bond acceptors (Lipinski definition) is 4. The molecule has 1 aliphatic heterocycles. The number of thiazole rings is 1. The Bertz CT molecular complexity index is 547. The Balaban J connectivity index is 1.70. The minimum Gasteiger partial charge on any atom is -0.371 e. The molecule has 1 aliphatic rings. The maximum atomic E-state index is 4.45. The van der Waals surface area contributed by atoms with Gasteiger partial charge in [0, 0.05) is 36.9 Å². The highest BCUT2D eigenvalue weighted by Crippen LogP contribution is 2.26. The number of hydrogen-bond donors (Lipinski definition) is 1. The summed E-state index contributed by atoms with van der Waals surface area (Å²) in [5.41, 5.74) is 2.80. The van der Waals surface area contributed by atoms with Crippen molar-refractivity contribution in [1.82, 2.24) is 10.3 Å². The zero-order valence-corrected chi connectivity index (χ0v) is 13.4. The van der Waals surface area contributed by atoms with Crippen molar-refractivity contribution in [3.05, 3.63) is 46.4 Å². The molecule has 21 heavy (non-hydrogen) atoms. The van der Waals surface area contributed by atoms with E-state index in [0.717, 1.165) is 13.0 Å². The second kappa shape index (κ2) is 7.05. The summed E-state index contributed by atoms with van der Waals surface area (Å²) in [6, 6.07) is 9.15. The molecule has 1 fully saturated rings. The third-order valence-electron chi connectivity index (χ3n) is 4.14. The lowest BCUT2D eigenvalue weighted by molar-refractivity contribution is 0.516. The molecule has 0 radical (unpaired) electrons. The van der Waals surface area contributed by atoms with Crippen molar-refractivity contribution >= 4 is 17.0 Å². The van der Waals surface area contributed by atoms with Gasteiger partial charge in [-0.2, -0.15) is 0 Å². The van der Waals surface area contributed by atoms with Gasteiger partial charge < -0.3 is 10.2 Å². The van der Waals surface area contributed by atoms with Crippen molar-refractivity contribution in [2.24, 2.45) is 0 Å². The van der Waals surface area contributed by atoms with Crippen LogP contribution in [0.5, 0.6) is 0 Å². The van der Waals surface area contributed by atoms with Crippen LogP contribution < -0.4 is 10.2 Å². The van der Waals surface area contributed by atoms with E-state index in [2.05, 4.69) is 51.8 Å². The van der Waals surface area contributed by atoms with Gasteiger partial charge in [0.2, 0.25) is 0 Å². The summed E-state index contributed by atoms with van der Waals surface area (Å²) in [6.07, 6.45) is 5.60. The van der Waals surface area contributed by atoms with Crippen LogP contribution in [-0.4, -0.2) is 18.1 Å². The molecule has 4 heteroatoms. The number of nitrogens with one attached hydrogen (secondary N) is 1. The van der Waals surface area contributed by atoms with E-state index in [-0.39, 0.29) is 0 Å². The average Bonchev–Trinajstić information content (AvgIpc) is 3.22. The van der Waals surface area contributed by atoms with Gasteiger partial charge in [-0.1, -0.05) is 25.1 Å². The van der Waals surface area contributed by atoms with Crippen LogP contribution in [0.2, 0.25) is 0 Å². The fourth-order valence-electron chi connectivity index (χ4n) is 2.97. The highest BCUT2D eigenvalue weighted by Gasteiger charge is 2.16. The van der Waals surface area contributed by atoms with Crippen LogP contribution in [0.4, 0.5) is 5.69 Å². The topological polar surface area (TPSA) is 28.2 Å². The molecular weight excluding hydrogens is 278 g/mol. The molecular formula is C17H23N3S. The van der Waals surface area contributed by atoms with Crippen LogP contribution in [-0.2, 0) is 6.54 Å². The number of aromatic nitrogens is 1. The largest absolute Gasteiger partial charge is 0.371 e. The lowest BCUT2D eigenvalue weighted by Gasteiger charge is -2.23. The van der Waals surface area contributed by atoms with Gasteiger partial charge in [-0.15, -0.1) is 11.3 Å². The minimum atomic E-state index is 0.358. The fourth-order valence-corrected chi connectivity index (χ4v) is 3.77. The van der Waals surface area contributed by atoms with Gasteiger partial charge in [0.15, 0.2) is 0 Å². The second-order valence-corrected chi connectivity index (χ2v) is 6.46. The second-order valence-electron chi connectivity index (χ2n) is 5.53. The molecule has 1 aromatic carbocycles. The molecule has 112 valence electrons. The molecule has 3 nitrogen and oxygen atoms in total. The van der Waals surface area contributed by atoms with E-state index >= 15 is 0 Å². The van der Waals surface area contributed by atoms with Gasteiger partial charge in [0.1, 0.15) is 5.01 Å². The van der Waals surface area contributed by atoms with Crippen molar-refractivity contribution in [2.75, 3.05) is 18.0 Å². The summed E-state index contributed by atoms with van der Waals surface area (Å²) in [6.45, 7) is 5.51. The maximum absolute atomic E-state index is 4.45. The van der Waals surface area contributed by atoms with Crippen LogP contribution in [0.3, 0.4) is 0 Å². The SMILES string of the molecule is CCC(NCc1ccccc1N1CCCC1)c1nccs1. The van der Waals surface area contributed by atoms with E-state index in [1.165, 1.54) is 42.2 Å². The number of anilines is 1. The van der Waals surface area contributed by atoms with E-state index in [0.29, 0.717) is 6.04 Å². The lowest BCUT2D eigenvalue weighted by atomic mass is 10.1. The first-order valence-corrected chi connectivity index (χ1v) is 8.72. The van der Waals surface area contributed by atoms with Crippen LogP contribution in [0.15, 0.2) is 35.8 Å². The Morgan fingerprint density at radius 3 is 2.81 bits per heavy atom. The van der Waals surface area contributed by atoms with Crippen LogP contribution >= 0.6 is 11.3 Å². The first-order chi connectivity index (χ1) is 10.4. The molecule has 1 N–H and O–H groups in total. The van der Waals surface area contributed by atoms with Crippen LogP contribution in [0.25, 0.3) is 0 Å². The van der Waals surface area contributed by atoms with Crippen LogP contribution in [0, 0.1) is 0 Å². The number of nitrogens with zero attached hydrogens (tertiary/aromatic N) is 2. The zero-order chi connectivity index (χ0) is 14.5. The van der Waals surface area contributed by atoms with E-state index < -0.39 is 0 Å². The summed E-state index contributed by atoms with van der Waals surface area (Å²) >= 11 is 1.74. The highest BCUT2D eigenvalue weighted by atomic mass is 32.1. The first-order valence-electron chi connectivity index (χ1n) is 7.84. The molecule has 0 spiro atoms. The predicted molar refractivity (Wildman–Crippen MR) is 89.9 cm³/mol. The van der Waals surface area contributed by atoms with E-state index in [1.807, 2.05) is 6.20 Å². The lowest BCUT2D eigenvalue weighted by Crippen LogP contribution is -2.24. The van der Waals surface area contributed by atoms with Gasteiger partial charge in [0.05, 0.1) is 6.04 Å². The number of rotatable bonds is 6. The van der Waals surface area contributed by atoms with E-state index in [4.69, 9.17) is 0 Å². The van der Waals surface area contributed by atoms with Crippen molar-refractivity contribution < 1.29 is 0 Å². The Labute approximate surface area is 131 Å². The summed E-state index contributed by atoms with van der Waals surface area (Å²) in [5, 5.41) is 6.92. The summed E-state index contributed by atoms with van der Waals surface area (Å²) in [4.78, 5) is 6.96. The van der Waals surface area contributed by atoms with Gasteiger partial charge >= 0.3 is 0 Å². The first kappa shape index (κ1) is 14.5. The molecule has 2 aromatic rings. The molecule has 0 bridgehead atoms. The molecule has 2 heterocycles. The van der Waals surface area contributed by atoms with E-state index in [9.17, 15) is 0 Å². The minimum absolute atomic E-state index is 0.358. The van der Waals surface area contributed by atoms with Crippen molar-refractivity contribution in [3.8, 4) is 0 Å². The van der Waals surface area contributed by atoms with Crippen molar-refractivity contribution in [3.63, 3.8) is 0 Å². The molecule has 3 rings (SSSR count). The van der Waals surface area contributed by atoms with Crippen molar-refractivity contribution in [2.45, 2.75) is 38.8 Å². The summed E-state index contributed by atoms with van der Waals surface area (Å²) < 4.78 is 0. The summed E-state index contributed by atoms with van der Waals surface area (Å²) in [5.74, 6) is 0. The Morgan fingerprint density at radius 2 is 2.10 bits per heavy atom. The van der Waals surface area contributed by atoms with Gasteiger partial charge in [-0.05, 0) is 30.9 Å². The van der Waals surface area contributed by atoms with Crippen LogP contribution in [0.1, 0.15) is 42.8 Å². The molecule has 1 saturated heterocycles. The maximum Gasteiger partial charge on any atom is 0.109 e. The van der Waals surface area contributed by atoms with Gasteiger partial charge in [0.25, 0.3) is 0 Å². The Kier molecular flexibility index (Phi) is 4.88. The molecule has 0 saturated carbocycles. The third kappa shape index (κ3) is 3.44. The Morgan fingerprint density at radius 1 is 1.29 bits per heavy atom. The fraction of sp³-hybridized carbons (Fsp3) is 0.471. The number of benzene rings is 1. The molecule has 1 atom stereocenters. The smallest absolute Gasteiger partial charge is 0.109 e.